The topological polar surface area (TPSA) is 50.4 Å². The number of methoxy groups -OCH3 is 1. The van der Waals surface area contributed by atoms with Crippen molar-refractivity contribution in [1.29, 1.82) is 0 Å². The Morgan fingerprint density at radius 3 is 2.52 bits per heavy atom. The highest BCUT2D eigenvalue weighted by Crippen LogP contribution is 2.15. The number of anilines is 2. The molecule has 110 valence electrons. The van der Waals surface area contributed by atoms with Crippen LogP contribution in [-0.4, -0.2) is 26.2 Å². The van der Waals surface area contributed by atoms with Crippen LogP contribution in [0.25, 0.3) is 0 Å². The third kappa shape index (κ3) is 4.93. The lowest BCUT2D eigenvalue weighted by Gasteiger charge is -2.12. The van der Waals surface area contributed by atoms with Gasteiger partial charge in [-0.2, -0.15) is 0 Å². The lowest BCUT2D eigenvalue weighted by molar-refractivity contribution is -0.114. The first-order chi connectivity index (χ1) is 10.3. The first-order valence-corrected chi connectivity index (χ1v) is 6.95. The summed E-state index contributed by atoms with van der Waals surface area (Å²) in [4.78, 5) is 11.9. The van der Waals surface area contributed by atoms with E-state index in [2.05, 4.69) is 10.6 Å². The molecule has 0 aliphatic heterocycles. The van der Waals surface area contributed by atoms with E-state index in [9.17, 15) is 4.79 Å². The van der Waals surface area contributed by atoms with Gasteiger partial charge in [-0.1, -0.05) is 36.4 Å². The summed E-state index contributed by atoms with van der Waals surface area (Å²) in [6.07, 6.45) is 0.819. The highest BCUT2D eigenvalue weighted by atomic mass is 16.5. The number of rotatable bonds is 7. The molecule has 0 spiro atoms. The van der Waals surface area contributed by atoms with Crippen molar-refractivity contribution in [2.75, 3.05) is 30.9 Å². The van der Waals surface area contributed by atoms with E-state index in [1.165, 1.54) is 0 Å². The summed E-state index contributed by atoms with van der Waals surface area (Å²) in [5.41, 5.74) is 2.92. The predicted octanol–water partition coefficient (Wildman–Crippen LogP) is 2.93. The molecule has 0 radical (unpaired) electrons. The average Bonchev–Trinajstić information content (AvgIpc) is 2.52. The SMILES string of the molecule is COCCc1ccccc1NCC(=O)Nc1ccccc1. The van der Waals surface area contributed by atoms with E-state index in [0.717, 1.165) is 23.4 Å². The molecule has 2 aromatic carbocycles. The normalized spacial score (nSPS) is 10.1. The van der Waals surface area contributed by atoms with Crippen LogP contribution in [0, 0.1) is 0 Å². The quantitative estimate of drug-likeness (QED) is 0.822. The van der Waals surface area contributed by atoms with Crippen LogP contribution in [0.2, 0.25) is 0 Å². The van der Waals surface area contributed by atoms with E-state index in [0.29, 0.717) is 6.61 Å². The zero-order valence-corrected chi connectivity index (χ0v) is 12.1. The molecule has 0 aromatic heterocycles. The molecule has 0 unspecified atom stereocenters. The van der Waals surface area contributed by atoms with Gasteiger partial charge < -0.3 is 15.4 Å². The maximum atomic E-state index is 11.9. The molecule has 0 aliphatic carbocycles. The van der Waals surface area contributed by atoms with Crippen molar-refractivity contribution >= 4 is 17.3 Å². The zero-order valence-electron chi connectivity index (χ0n) is 12.1. The summed E-state index contributed by atoms with van der Waals surface area (Å²) >= 11 is 0. The van der Waals surface area contributed by atoms with Gasteiger partial charge in [-0.15, -0.1) is 0 Å². The van der Waals surface area contributed by atoms with Gasteiger partial charge in [0.1, 0.15) is 0 Å². The van der Waals surface area contributed by atoms with Gasteiger partial charge in [0.05, 0.1) is 13.2 Å². The lowest BCUT2D eigenvalue weighted by Crippen LogP contribution is -2.22. The lowest BCUT2D eigenvalue weighted by atomic mass is 10.1. The monoisotopic (exact) mass is 284 g/mol. The fraction of sp³-hybridized carbons (Fsp3) is 0.235. The minimum Gasteiger partial charge on any atom is -0.384 e. The van der Waals surface area contributed by atoms with Crippen molar-refractivity contribution < 1.29 is 9.53 Å². The molecule has 2 N–H and O–H groups in total. The number of para-hydroxylation sites is 2. The van der Waals surface area contributed by atoms with Crippen LogP contribution < -0.4 is 10.6 Å². The van der Waals surface area contributed by atoms with E-state index in [1.807, 2.05) is 54.6 Å². The summed E-state index contributed by atoms with van der Waals surface area (Å²) in [6, 6.07) is 17.4. The van der Waals surface area contributed by atoms with Crippen LogP contribution in [0.5, 0.6) is 0 Å². The van der Waals surface area contributed by atoms with E-state index in [4.69, 9.17) is 4.74 Å². The first kappa shape index (κ1) is 15.1. The Balaban J connectivity index is 1.89. The van der Waals surface area contributed by atoms with Crippen molar-refractivity contribution in [1.82, 2.24) is 0 Å². The van der Waals surface area contributed by atoms with Gasteiger partial charge in [-0.25, -0.2) is 0 Å². The van der Waals surface area contributed by atoms with Crippen LogP contribution >= 0.6 is 0 Å². The number of carbonyl (C=O) groups excluding carboxylic acids is 1. The number of benzene rings is 2. The highest BCUT2D eigenvalue weighted by Gasteiger charge is 2.05. The fourth-order valence-corrected chi connectivity index (χ4v) is 2.02. The minimum absolute atomic E-state index is 0.0669. The Kier molecular flexibility index (Phi) is 5.79. The molecule has 0 aliphatic rings. The summed E-state index contributed by atoms with van der Waals surface area (Å²) in [5, 5.41) is 6.02. The first-order valence-electron chi connectivity index (χ1n) is 6.95. The van der Waals surface area contributed by atoms with Crippen molar-refractivity contribution in [2.24, 2.45) is 0 Å². The third-order valence-corrected chi connectivity index (χ3v) is 3.09. The number of nitrogens with one attached hydrogen (secondary N) is 2. The highest BCUT2D eigenvalue weighted by molar-refractivity contribution is 5.93. The molecule has 0 saturated carbocycles. The summed E-state index contributed by atoms with van der Waals surface area (Å²) < 4.78 is 5.10. The summed E-state index contributed by atoms with van der Waals surface area (Å²) in [5.74, 6) is -0.0669. The van der Waals surface area contributed by atoms with Crippen LogP contribution in [0.15, 0.2) is 54.6 Å². The molecule has 0 heterocycles. The maximum Gasteiger partial charge on any atom is 0.243 e. The molecule has 2 rings (SSSR count). The second kappa shape index (κ2) is 8.07. The second-order valence-corrected chi connectivity index (χ2v) is 4.67. The van der Waals surface area contributed by atoms with E-state index in [1.54, 1.807) is 7.11 Å². The number of carbonyl (C=O) groups is 1. The Morgan fingerprint density at radius 1 is 1.05 bits per heavy atom. The van der Waals surface area contributed by atoms with Crippen molar-refractivity contribution in [2.45, 2.75) is 6.42 Å². The molecule has 0 fully saturated rings. The average molecular weight is 284 g/mol. The van der Waals surface area contributed by atoms with Gasteiger partial charge in [-0.05, 0) is 30.2 Å². The number of hydrogen-bond acceptors (Lipinski definition) is 3. The predicted molar refractivity (Wildman–Crippen MR) is 85.6 cm³/mol. The van der Waals surface area contributed by atoms with Crippen molar-refractivity contribution in [3.63, 3.8) is 0 Å². The molecule has 1 amide bonds. The Hall–Kier alpha value is -2.33. The van der Waals surface area contributed by atoms with Crippen LogP contribution in [-0.2, 0) is 16.0 Å². The van der Waals surface area contributed by atoms with Gasteiger partial charge in [-0.3, -0.25) is 4.79 Å². The van der Waals surface area contributed by atoms with Crippen molar-refractivity contribution in [3.05, 3.63) is 60.2 Å². The van der Waals surface area contributed by atoms with Gasteiger partial charge in [0.25, 0.3) is 0 Å². The Bertz CT molecular complexity index is 570. The van der Waals surface area contributed by atoms with Gasteiger partial charge in [0, 0.05) is 18.5 Å². The number of ether oxygens (including phenoxy) is 1. The number of amides is 1. The van der Waals surface area contributed by atoms with Gasteiger partial charge >= 0.3 is 0 Å². The van der Waals surface area contributed by atoms with Crippen LogP contribution in [0.4, 0.5) is 11.4 Å². The fourth-order valence-electron chi connectivity index (χ4n) is 2.02. The Morgan fingerprint density at radius 2 is 1.76 bits per heavy atom. The molecule has 0 atom stereocenters. The van der Waals surface area contributed by atoms with Crippen LogP contribution in [0.1, 0.15) is 5.56 Å². The minimum atomic E-state index is -0.0669. The molecule has 2 aromatic rings. The largest absolute Gasteiger partial charge is 0.384 e. The van der Waals surface area contributed by atoms with Crippen LogP contribution in [0.3, 0.4) is 0 Å². The number of hydrogen-bond donors (Lipinski definition) is 2. The molecular weight excluding hydrogens is 264 g/mol. The molecular formula is C17H20N2O2. The molecule has 4 heteroatoms. The van der Waals surface area contributed by atoms with Crippen molar-refractivity contribution in [3.8, 4) is 0 Å². The van der Waals surface area contributed by atoms with E-state index in [-0.39, 0.29) is 12.5 Å². The Labute approximate surface area is 125 Å². The maximum absolute atomic E-state index is 11.9. The smallest absolute Gasteiger partial charge is 0.243 e. The zero-order chi connectivity index (χ0) is 14.9. The molecule has 0 bridgehead atoms. The second-order valence-electron chi connectivity index (χ2n) is 4.67. The van der Waals surface area contributed by atoms with E-state index < -0.39 is 0 Å². The standard InChI is InChI=1S/C17H20N2O2/c1-21-12-11-14-7-5-6-10-16(14)18-13-17(20)19-15-8-3-2-4-9-15/h2-10,18H,11-13H2,1H3,(H,19,20). The third-order valence-electron chi connectivity index (χ3n) is 3.09. The molecule has 21 heavy (non-hydrogen) atoms. The van der Waals surface area contributed by atoms with E-state index >= 15 is 0 Å². The molecule has 4 nitrogen and oxygen atoms in total. The summed E-state index contributed by atoms with van der Waals surface area (Å²) in [7, 11) is 1.68. The molecule has 0 saturated heterocycles. The summed E-state index contributed by atoms with van der Waals surface area (Å²) in [6.45, 7) is 0.897. The van der Waals surface area contributed by atoms with Gasteiger partial charge in [0.15, 0.2) is 0 Å². The van der Waals surface area contributed by atoms with Gasteiger partial charge in [0.2, 0.25) is 5.91 Å².